The van der Waals surface area contributed by atoms with Crippen molar-refractivity contribution in [2.45, 2.75) is 12.3 Å². The normalized spacial score (nSPS) is 18.2. The van der Waals surface area contributed by atoms with Gasteiger partial charge in [-0.15, -0.1) is 0 Å². The smallest absolute Gasteiger partial charge is 0.164 e. The van der Waals surface area contributed by atoms with Crippen LogP contribution >= 0.6 is 0 Å². The fourth-order valence-electron chi connectivity index (χ4n) is 2.48. The summed E-state index contributed by atoms with van der Waals surface area (Å²) in [5.74, 6) is -0.0939. The van der Waals surface area contributed by atoms with E-state index in [2.05, 4.69) is 0 Å². The minimum atomic E-state index is -0.251. The third-order valence-electron chi connectivity index (χ3n) is 3.28. The zero-order valence-electron chi connectivity index (χ0n) is 9.19. The Bertz CT molecular complexity index is 589. The molecule has 0 amide bonds. The van der Waals surface area contributed by atoms with E-state index in [1.807, 2.05) is 30.3 Å². The molecular weight excluding hydrogens is 215 g/mol. The van der Waals surface area contributed by atoms with Gasteiger partial charge >= 0.3 is 0 Å². The van der Waals surface area contributed by atoms with E-state index in [-0.39, 0.29) is 17.5 Å². The lowest BCUT2D eigenvalue weighted by Gasteiger charge is -2.10. The van der Waals surface area contributed by atoms with Gasteiger partial charge in [-0.25, -0.2) is 4.39 Å². The molecule has 0 saturated heterocycles. The van der Waals surface area contributed by atoms with Gasteiger partial charge in [-0.05, 0) is 23.3 Å². The number of benzene rings is 2. The van der Waals surface area contributed by atoms with Crippen molar-refractivity contribution in [2.75, 3.05) is 0 Å². The first-order chi connectivity index (χ1) is 8.25. The lowest BCUT2D eigenvalue weighted by atomic mass is 9.93. The number of Topliss-reactive ketones (excluding diaryl/α,β-unsaturated/α-hetero) is 1. The first kappa shape index (κ1) is 10.2. The highest BCUT2D eigenvalue weighted by Gasteiger charge is 2.29. The second-order valence-electron chi connectivity index (χ2n) is 4.32. The summed E-state index contributed by atoms with van der Waals surface area (Å²) < 4.78 is 13.2. The van der Waals surface area contributed by atoms with Crippen LogP contribution in [0.2, 0.25) is 0 Å². The molecule has 0 aliphatic heterocycles. The molecule has 3 rings (SSSR count). The van der Waals surface area contributed by atoms with Crippen LogP contribution < -0.4 is 0 Å². The number of fused-ring (bicyclic) bond motifs is 1. The second kappa shape index (κ2) is 3.81. The quantitative estimate of drug-likeness (QED) is 0.726. The highest BCUT2D eigenvalue weighted by molar-refractivity contribution is 6.01. The number of halogens is 1. The highest BCUT2D eigenvalue weighted by Crippen LogP contribution is 2.37. The van der Waals surface area contributed by atoms with Crippen LogP contribution in [0.15, 0.2) is 48.5 Å². The fourth-order valence-corrected chi connectivity index (χ4v) is 2.48. The molecular formula is C15H11FO. The van der Waals surface area contributed by atoms with Crippen LogP contribution in [-0.4, -0.2) is 5.78 Å². The summed E-state index contributed by atoms with van der Waals surface area (Å²) in [6.45, 7) is 0. The van der Waals surface area contributed by atoms with E-state index in [0.717, 1.165) is 16.7 Å². The average molecular weight is 226 g/mol. The summed E-state index contributed by atoms with van der Waals surface area (Å²) in [5, 5.41) is 0. The van der Waals surface area contributed by atoms with Crippen molar-refractivity contribution in [1.29, 1.82) is 0 Å². The van der Waals surface area contributed by atoms with E-state index in [9.17, 15) is 9.18 Å². The molecule has 0 saturated carbocycles. The number of carbonyl (C=O) groups excluding carboxylic acids is 1. The summed E-state index contributed by atoms with van der Waals surface area (Å²) in [6.07, 6.45) is 0.447. The molecule has 1 nitrogen and oxygen atoms in total. The maximum atomic E-state index is 13.2. The minimum absolute atomic E-state index is 0.00870. The van der Waals surface area contributed by atoms with Crippen molar-refractivity contribution in [1.82, 2.24) is 0 Å². The topological polar surface area (TPSA) is 17.1 Å². The Morgan fingerprint density at radius 3 is 2.71 bits per heavy atom. The molecule has 17 heavy (non-hydrogen) atoms. The Kier molecular flexibility index (Phi) is 2.29. The molecule has 0 radical (unpaired) electrons. The highest BCUT2D eigenvalue weighted by atomic mass is 19.1. The van der Waals surface area contributed by atoms with E-state index in [4.69, 9.17) is 0 Å². The van der Waals surface area contributed by atoms with Crippen LogP contribution in [0.5, 0.6) is 0 Å². The molecule has 84 valence electrons. The first-order valence-electron chi connectivity index (χ1n) is 5.63. The number of hydrogen-bond donors (Lipinski definition) is 0. The van der Waals surface area contributed by atoms with Crippen molar-refractivity contribution < 1.29 is 9.18 Å². The lowest BCUT2D eigenvalue weighted by Crippen LogP contribution is -1.97. The molecule has 0 bridgehead atoms. The van der Waals surface area contributed by atoms with Gasteiger partial charge in [0.15, 0.2) is 5.78 Å². The van der Waals surface area contributed by atoms with E-state index in [1.54, 1.807) is 6.07 Å². The molecule has 1 unspecified atom stereocenters. The van der Waals surface area contributed by atoms with Gasteiger partial charge in [0.2, 0.25) is 0 Å². The van der Waals surface area contributed by atoms with Crippen molar-refractivity contribution >= 4 is 5.78 Å². The Hall–Kier alpha value is -1.96. The minimum Gasteiger partial charge on any atom is -0.294 e. The van der Waals surface area contributed by atoms with Crippen molar-refractivity contribution in [2.24, 2.45) is 0 Å². The molecule has 0 N–H and O–H groups in total. The molecule has 2 heteroatoms. The van der Waals surface area contributed by atoms with Gasteiger partial charge < -0.3 is 0 Å². The zero-order chi connectivity index (χ0) is 11.8. The molecule has 0 aromatic heterocycles. The largest absolute Gasteiger partial charge is 0.294 e. The molecule has 0 fully saturated rings. The van der Waals surface area contributed by atoms with Crippen LogP contribution in [0.25, 0.3) is 0 Å². The van der Waals surface area contributed by atoms with E-state index < -0.39 is 0 Å². The summed E-state index contributed by atoms with van der Waals surface area (Å²) in [4.78, 5) is 11.8. The van der Waals surface area contributed by atoms with Gasteiger partial charge in [0.05, 0.1) is 0 Å². The van der Waals surface area contributed by atoms with Crippen LogP contribution in [0, 0.1) is 5.82 Å². The monoisotopic (exact) mass is 226 g/mol. The summed E-state index contributed by atoms with van der Waals surface area (Å²) in [5.41, 5.74) is 2.67. The Morgan fingerprint density at radius 1 is 1.06 bits per heavy atom. The molecule has 0 heterocycles. The molecule has 2 aromatic carbocycles. The maximum absolute atomic E-state index is 13.2. The van der Waals surface area contributed by atoms with Gasteiger partial charge in [0, 0.05) is 17.9 Å². The number of rotatable bonds is 1. The van der Waals surface area contributed by atoms with Crippen LogP contribution in [0.1, 0.15) is 33.8 Å². The molecule has 1 atom stereocenters. The summed E-state index contributed by atoms with van der Waals surface area (Å²) in [6, 6.07) is 14.1. The van der Waals surface area contributed by atoms with Crippen LogP contribution in [0.3, 0.4) is 0 Å². The molecule has 1 aliphatic rings. The van der Waals surface area contributed by atoms with Gasteiger partial charge in [0.1, 0.15) is 5.82 Å². The SMILES string of the molecule is O=C1CC(c2cccc(F)c2)c2ccccc21. The van der Waals surface area contributed by atoms with Crippen LogP contribution in [-0.2, 0) is 0 Å². The van der Waals surface area contributed by atoms with Gasteiger partial charge in [-0.1, -0.05) is 36.4 Å². The Balaban J connectivity index is 2.10. The average Bonchev–Trinajstić information content (AvgIpc) is 2.68. The third-order valence-corrected chi connectivity index (χ3v) is 3.28. The molecule has 0 spiro atoms. The first-order valence-corrected chi connectivity index (χ1v) is 5.63. The zero-order valence-corrected chi connectivity index (χ0v) is 9.19. The third kappa shape index (κ3) is 1.66. The fraction of sp³-hybridized carbons (Fsp3) is 0.133. The number of ketones is 1. The van der Waals surface area contributed by atoms with Gasteiger partial charge in [-0.3, -0.25) is 4.79 Å². The summed E-state index contributed by atoms with van der Waals surface area (Å²) >= 11 is 0. The predicted octanol–water partition coefficient (Wildman–Crippen LogP) is 3.54. The second-order valence-corrected chi connectivity index (χ2v) is 4.32. The lowest BCUT2D eigenvalue weighted by molar-refractivity contribution is 0.0991. The van der Waals surface area contributed by atoms with Gasteiger partial charge in [0.25, 0.3) is 0 Å². The van der Waals surface area contributed by atoms with Crippen molar-refractivity contribution in [3.63, 3.8) is 0 Å². The summed E-state index contributed by atoms with van der Waals surface area (Å²) in [7, 11) is 0. The van der Waals surface area contributed by atoms with Crippen LogP contribution in [0.4, 0.5) is 4.39 Å². The van der Waals surface area contributed by atoms with E-state index in [0.29, 0.717) is 6.42 Å². The van der Waals surface area contributed by atoms with Crippen molar-refractivity contribution in [3.8, 4) is 0 Å². The van der Waals surface area contributed by atoms with Crippen molar-refractivity contribution in [3.05, 3.63) is 71.0 Å². The predicted molar refractivity (Wildman–Crippen MR) is 63.6 cm³/mol. The Morgan fingerprint density at radius 2 is 1.88 bits per heavy atom. The molecule has 2 aromatic rings. The number of carbonyl (C=O) groups is 1. The molecule has 1 aliphatic carbocycles. The van der Waals surface area contributed by atoms with E-state index >= 15 is 0 Å². The number of hydrogen-bond acceptors (Lipinski definition) is 1. The maximum Gasteiger partial charge on any atom is 0.164 e. The standard InChI is InChI=1S/C15H11FO/c16-11-5-3-4-10(8-11)14-9-15(17)13-7-2-1-6-12(13)14/h1-8,14H,9H2. The van der Waals surface area contributed by atoms with E-state index in [1.165, 1.54) is 12.1 Å². The Labute approximate surface area is 98.9 Å². The van der Waals surface area contributed by atoms with Gasteiger partial charge in [-0.2, -0.15) is 0 Å².